The van der Waals surface area contributed by atoms with Crippen LogP contribution in [0.15, 0.2) is 29.0 Å². The molecule has 0 aromatic carbocycles. The van der Waals surface area contributed by atoms with E-state index in [1.807, 2.05) is 12.2 Å². The molecule has 6 heteroatoms. The number of aliphatic hydroxyl groups is 1. The Hall–Kier alpha value is -1.30. The van der Waals surface area contributed by atoms with Gasteiger partial charge < -0.3 is 9.94 Å². The fourth-order valence-corrected chi connectivity index (χ4v) is 6.31. The Morgan fingerprint density at radius 3 is 2.62 bits per heavy atom. The molecule has 3 aliphatic carbocycles. The number of allylic oxidation sites excluding steroid dienone is 4. The third-order valence-electron chi connectivity index (χ3n) is 7.91. The smallest absolute Gasteiger partial charge is 0.392 e. The molecule has 0 radical (unpaired) electrons. The minimum atomic E-state index is -4.24. The lowest BCUT2D eigenvalue weighted by Gasteiger charge is -2.59. The van der Waals surface area contributed by atoms with Gasteiger partial charge in [0.15, 0.2) is 0 Å². The van der Waals surface area contributed by atoms with Gasteiger partial charge in [-0.2, -0.15) is 13.2 Å². The normalized spacial score (nSPS) is 41.0. The molecule has 0 amide bonds. The van der Waals surface area contributed by atoms with E-state index in [9.17, 15) is 18.3 Å². The van der Waals surface area contributed by atoms with Gasteiger partial charge >= 0.3 is 6.18 Å². The standard InChI is InChI=1S/C23H34F3NO2/c1-5-18-17-8-7-15-13-16(27-29-12-11-23(24,25)26)9-10-22(15,4)20(17)19(28)14-21(18,3)6-2/h9-10,13,17-20,28H,5-8,11-12,14H2,1-4H3/b27-16+/t17-,18-,19-,20+,21-,22-/m0/s1. The number of halogens is 3. The Balaban J connectivity index is 1.79. The van der Waals surface area contributed by atoms with E-state index in [0.29, 0.717) is 17.5 Å². The zero-order valence-corrected chi connectivity index (χ0v) is 17.9. The Morgan fingerprint density at radius 1 is 1.28 bits per heavy atom. The van der Waals surface area contributed by atoms with E-state index in [1.165, 1.54) is 5.57 Å². The lowest BCUT2D eigenvalue weighted by Crippen LogP contribution is -2.55. The maximum absolute atomic E-state index is 12.3. The highest BCUT2D eigenvalue weighted by Gasteiger charge is 2.56. The van der Waals surface area contributed by atoms with Gasteiger partial charge in [-0.15, -0.1) is 0 Å². The van der Waals surface area contributed by atoms with Crippen molar-refractivity contribution in [2.75, 3.05) is 6.61 Å². The number of nitrogens with zero attached hydrogens (tertiary/aromatic N) is 1. The molecule has 3 nitrogen and oxygen atoms in total. The molecule has 0 spiro atoms. The number of rotatable bonds is 5. The van der Waals surface area contributed by atoms with Crippen molar-refractivity contribution in [2.24, 2.45) is 33.7 Å². The first-order chi connectivity index (χ1) is 13.5. The zero-order chi connectivity index (χ0) is 21.4. The minimum Gasteiger partial charge on any atom is -0.395 e. The summed E-state index contributed by atoms with van der Waals surface area (Å²) in [5.41, 5.74) is 1.68. The Labute approximate surface area is 172 Å². The van der Waals surface area contributed by atoms with Crippen LogP contribution in [-0.4, -0.2) is 29.7 Å². The molecule has 164 valence electrons. The lowest BCUT2D eigenvalue weighted by atomic mass is 9.46. The summed E-state index contributed by atoms with van der Waals surface area (Å²) in [6.07, 6.45) is 5.25. The molecule has 3 rings (SSSR count). The molecular weight excluding hydrogens is 379 g/mol. The van der Waals surface area contributed by atoms with Gasteiger partial charge in [-0.25, -0.2) is 0 Å². The molecule has 3 aliphatic rings. The van der Waals surface area contributed by atoms with Crippen molar-refractivity contribution >= 4 is 5.71 Å². The SMILES string of the molecule is CC[C@H]1[C@@H]2CCC3=C/C(=N/OCCC(F)(F)F)C=C[C@]3(C)[C@H]2[C@@H](O)C[C@]1(C)CC. The summed E-state index contributed by atoms with van der Waals surface area (Å²) in [5, 5.41) is 15.1. The maximum atomic E-state index is 12.3. The van der Waals surface area contributed by atoms with Gasteiger partial charge in [0.05, 0.1) is 12.5 Å². The topological polar surface area (TPSA) is 41.8 Å². The van der Waals surface area contributed by atoms with Crippen LogP contribution in [0.5, 0.6) is 0 Å². The predicted molar refractivity (Wildman–Crippen MR) is 108 cm³/mol. The number of fused-ring (bicyclic) bond motifs is 3. The van der Waals surface area contributed by atoms with Crippen molar-refractivity contribution in [1.29, 1.82) is 0 Å². The number of hydrogen-bond donors (Lipinski definition) is 1. The van der Waals surface area contributed by atoms with Crippen molar-refractivity contribution in [1.82, 2.24) is 0 Å². The molecule has 6 atom stereocenters. The van der Waals surface area contributed by atoms with Crippen molar-refractivity contribution < 1.29 is 23.1 Å². The highest BCUT2D eigenvalue weighted by atomic mass is 19.4. The summed E-state index contributed by atoms with van der Waals surface area (Å²) < 4.78 is 36.8. The lowest BCUT2D eigenvalue weighted by molar-refractivity contribution is -0.145. The highest BCUT2D eigenvalue weighted by Crippen LogP contribution is 2.61. The molecule has 2 fully saturated rings. The molecular formula is C23H34F3NO2. The average Bonchev–Trinajstić information content (AvgIpc) is 2.64. The van der Waals surface area contributed by atoms with Gasteiger partial charge in [-0.1, -0.05) is 57.3 Å². The van der Waals surface area contributed by atoms with E-state index in [2.05, 4.69) is 38.9 Å². The molecule has 0 aromatic rings. The number of aliphatic hydroxyl groups excluding tert-OH is 1. The van der Waals surface area contributed by atoms with Gasteiger partial charge in [0.2, 0.25) is 0 Å². The predicted octanol–water partition coefficient (Wildman–Crippen LogP) is 6.05. The van der Waals surface area contributed by atoms with Crippen LogP contribution in [0, 0.1) is 28.6 Å². The molecule has 0 aliphatic heterocycles. The van der Waals surface area contributed by atoms with Gasteiger partial charge in [0.1, 0.15) is 12.3 Å². The van der Waals surface area contributed by atoms with Crippen LogP contribution in [-0.2, 0) is 4.84 Å². The summed E-state index contributed by atoms with van der Waals surface area (Å²) in [6.45, 7) is 8.54. The van der Waals surface area contributed by atoms with Crippen LogP contribution in [0.1, 0.15) is 66.2 Å². The Morgan fingerprint density at radius 2 is 2.00 bits per heavy atom. The molecule has 1 N–H and O–H groups in total. The van der Waals surface area contributed by atoms with Gasteiger partial charge in [-0.3, -0.25) is 0 Å². The highest BCUT2D eigenvalue weighted by molar-refractivity contribution is 6.05. The average molecular weight is 414 g/mol. The summed E-state index contributed by atoms with van der Waals surface area (Å²) in [4.78, 5) is 4.89. The van der Waals surface area contributed by atoms with E-state index in [1.54, 1.807) is 0 Å². The van der Waals surface area contributed by atoms with Crippen molar-refractivity contribution in [3.8, 4) is 0 Å². The van der Waals surface area contributed by atoms with Gasteiger partial charge in [0.25, 0.3) is 0 Å². The number of oxime groups is 1. The zero-order valence-electron chi connectivity index (χ0n) is 17.9. The van der Waals surface area contributed by atoms with Crippen LogP contribution in [0.4, 0.5) is 13.2 Å². The fraction of sp³-hybridized carbons (Fsp3) is 0.783. The third kappa shape index (κ3) is 4.28. The van der Waals surface area contributed by atoms with Crippen LogP contribution >= 0.6 is 0 Å². The van der Waals surface area contributed by atoms with E-state index >= 15 is 0 Å². The van der Waals surface area contributed by atoms with Crippen LogP contribution < -0.4 is 0 Å². The quantitative estimate of drug-likeness (QED) is 0.440. The van der Waals surface area contributed by atoms with Crippen molar-refractivity contribution in [3.63, 3.8) is 0 Å². The first-order valence-electron chi connectivity index (χ1n) is 10.9. The van der Waals surface area contributed by atoms with Gasteiger partial charge in [0, 0.05) is 11.3 Å². The summed E-state index contributed by atoms with van der Waals surface area (Å²) in [7, 11) is 0. The molecule has 0 heterocycles. The Bertz CT molecular complexity index is 699. The Kier molecular flexibility index (Phi) is 6.24. The van der Waals surface area contributed by atoms with E-state index in [0.717, 1.165) is 32.1 Å². The van der Waals surface area contributed by atoms with E-state index < -0.39 is 19.2 Å². The third-order valence-corrected chi connectivity index (χ3v) is 7.91. The van der Waals surface area contributed by atoms with Crippen molar-refractivity contribution in [2.45, 2.75) is 78.5 Å². The number of hydrogen-bond acceptors (Lipinski definition) is 3. The van der Waals surface area contributed by atoms with Crippen LogP contribution in [0.25, 0.3) is 0 Å². The summed E-state index contributed by atoms with van der Waals surface area (Å²) >= 11 is 0. The first-order valence-corrected chi connectivity index (χ1v) is 10.9. The summed E-state index contributed by atoms with van der Waals surface area (Å²) in [6, 6.07) is 0. The monoisotopic (exact) mass is 413 g/mol. The second-order valence-electron chi connectivity index (χ2n) is 9.52. The molecule has 2 saturated carbocycles. The van der Waals surface area contributed by atoms with Gasteiger partial charge in [-0.05, 0) is 48.7 Å². The minimum absolute atomic E-state index is 0.163. The number of alkyl halides is 3. The molecule has 0 unspecified atom stereocenters. The largest absolute Gasteiger partial charge is 0.395 e. The fourth-order valence-electron chi connectivity index (χ4n) is 6.31. The van der Waals surface area contributed by atoms with Crippen LogP contribution in [0.2, 0.25) is 0 Å². The molecule has 0 aromatic heterocycles. The maximum Gasteiger partial charge on any atom is 0.392 e. The van der Waals surface area contributed by atoms with E-state index in [4.69, 9.17) is 4.84 Å². The molecule has 29 heavy (non-hydrogen) atoms. The van der Waals surface area contributed by atoms with E-state index in [-0.39, 0.29) is 22.9 Å². The first kappa shape index (κ1) is 22.4. The molecule has 0 saturated heterocycles. The van der Waals surface area contributed by atoms with Crippen LogP contribution in [0.3, 0.4) is 0 Å². The second kappa shape index (κ2) is 8.09. The van der Waals surface area contributed by atoms with Crippen molar-refractivity contribution in [3.05, 3.63) is 23.8 Å². The molecule has 0 bridgehead atoms. The summed E-state index contributed by atoms with van der Waals surface area (Å²) in [5.74, 6) is 1.23. The second-order valence-corrected chi connectivity index (χ2v) is 9.52.